The summed E-state index contributed by atoms with van der Waals surface area (Å²) in [6.45, 7) is 7.52. The van der Waals surface area contributed by atoms with E-state index in [-0.39, 0.29) is 16.0 Å². The second-order valence-corrected chi connectivity index (χ2v) is 7.79. The minimum absolute atomic E-state index is 0.0316. The van der Waals surface area contributed by atoms with Crippen LogP contribution in [0.15, 0.2) is 21.4 Å². The van der Waals surface area contributed by atoms with Crippen LogP contribution in [0.25, 0.3) is 5.69 Å². The molecule has 0 amide bonds. The smallest absolute Gasteiger partial charge is 0.329 e. The highest BCUT2D eigenvalue weighted by Gasteiger charge is 2.23. The van der Waals surface area contributed by atoms with Gasteiger partial charge < -0.3 is 4.74 Å². The lowest BCUT2D eigenvalue weighted by molar-refractivity contribution is 0.276. The van der Waals surface area contributed by atoms with Crippen LogP contribution in [0.5, 0.6) is 5.75 Å². The van der Waals surface area contributed by atoms with Crippen LogP contribution in [0.2, 0.25) is 0 Å². The van der Waals surface area contributed by atoms with Crippen molar-refractivity contribution in [2.24, 2.45) is 0 Å². The van der Waals surface area contributed by atoms with Crippen LogP contribution in [-0.2, 0) is 5.41 Å². The molecule has 0 bridgehead atoms. The maximum Gasteiger partial charge on any atom is 0.329 e. The van der Waals surface area contributed by atoms with Crippen molar-refractivity contribution in [1.29, 1.82) is 0 Å². The lowest BCUT2D eigenvalue weighted by atomic mass is 9.98. The number of nitrogens with zero attached hydrogens (tertiary/aromatic N) is 2. The Hall–Kier alpha value is -1.65. The molecule has 7 heteroatoms. The largest absolute Gasteiger partial charge is 0.477 e. The van der Waals surface area contributed by atoms with Crippen LogP contribution in [0, 0.1) is 18.2 Å². The van der Waals surface area contributed by atoms with Crippen molar-refractivity contribution in [3.8, 4) is 23.8 Å². The van der Waals surface area contributed by atoms with Crippen molar-refractivity contribution in [3.63, 3.8) is 0 Å². The number of halogens is 2. The zero-order valence-corrected chi connectivity index (χ0v) is 15.6. The molecule has 0 N–H and O–H groups in total. The molecule has 0 aliphatic heterocycles. The minimum Gasteiger partial charge on any atom is -0.477 e. The molecule has 2 rings (SSSR count). The van der Waals surface area contributed by atoms with E-state index in [1.54, 1.807) is 6.92 Å². The van der Waals surface area contributed by atoms with Crippen molar-refractivity contribution in [2.75, 3.05) is 0 Å². The average Bonchev–Trinajstić information content (AvgIpc) is 2.83. The van der Waals surface area contributed by atoms with Gasteiger partial charge in [0, 0.05) is 11.5 Å². The molecule has 1 aromatic carbocycles. The molecule has 0 fully saturated rings. The molecule has 0 spiro atoms. The molecule has 122 valence electrons. The molecule has 1 atom stereocenters. The number of hydrogen-bond acceptors (Lipinski definition) is 4. The first-order valence-electron chi connectivity index (χ1n) is 6.86. The SMILES string of the molecule is C#CC(C)Oc1cc(-n2nc(C(C)(C)C)sc2=O)c(F)cc1Br. The quantitative estimate of drug-likeness (QED) is 0.736. The van der Waals surface area contributed by atoms with Gasteiger partial charge in [0.1, 0.15) is 22.3 Å². The zero-order valence-electron chi connectivity index (χ0n) is 13.2. The maximum atomic E-state index is 14.3. The number of ether oxygens (including phenoxy) is 1. The lowest BCUT2D eigenvalue weighted by Crippen LogP contribution is -2.16. The van der Waals surface area contributed by atoms with E-state index >= 15 is 0 Å². The monoisotopic (exact) mass is 398 g/mol. The van der Waals surface area contributed by atoms with Crippen molar-refractivity contribution in [3.05, 3.63) is 37.1 Å². The summed E-state index contributed by atoms with van der Waals surface area (Å²) >= 11 is 4.23. The molecule has 4 nitrogen and oxygen atoms in total. The van der Waals surface area contributed by atoms with Crippen molar-refractivity contribution < 1.29 is 9.13 Å². The van der Waals surface area contributed by atoms with E-state index in [1.807, 2.05) is 20.8 Å². The molecule has 0 aliphatic rings. The first-order valence-corrected chi connectivity index (χ1v) is 8.47. The van der Waals surface area contributed by atoms with Gasteiger partial charge in [-0.15, -0.1) is 6.42 Å². The highest BCUT2D eigenvalue weighted by molar-refractivity contribution is 9.10. The first kappa shape index (κ1) is 17.7. The van der Waals surface area contributed by atoms with E-state index in [9.17, 15) is 9.18 Å². The molecule has 0 saturated heterocycles. The molecular weight excluding hydrogens is 383 g/mol. The molecular formula is C16H16BrFN2O2S. The Balaban J connectivity index is 2.56. The lowest BCUT2D eigenvalue weighted by Gasteiger charge is -2.14. The van der Waals surface area contributed by atoms with Crippen molar-refractivity contribution >= 4 is 27.3 Å². The van der Waals surface area contributed by atoms with Crippen LogP contribution < -0.4 is 9.61 Å². The standard InChI is InChI=1S/C16H16BrFN2O2S/c1-6-9(2)22-13-8-12(11(18)7-10(13)17)20-15(21)23-14(19-20)16(3,4)5/h1,7-9H,2-5H3. The number of benzene rings is 1. The Morgan fingerprint density at radius 1 is 1.48 bits per heavy atom. The van der Waals surface area contributed by atoms with E-state index in [0.717, 1.165) is 16.0 Å². The van der Waals surface area contributed by atoms with Gasteiger partial charge in [-0.2, -0.15) is 9.78 Å². The third-order valence-corrected chi connectivity index (χ3v) is 4.81. The number of terminal acetylenes is 1. The summed E-state index contributed by atoms with van der Waals surface area (Å²) in [5.41, 5.74) is -0.262. The average molecular weight is 399 g/mol. The first-order chi connectivity index (χ1) is 10.6. The van der Waals surface area contributed by atoms with Gasteiger partial charge in [0.25, 0.3) is 0 Å². The van der Waals surface area contributed by atoms with Gasteiger partial charge in [0.2, 0.25) is 0 Å². The van der Waals surface area contributed by atoms with E-state index in [0.29, 0.717) is 15.2 Å². The highest BCUT2D eigenvalue weighted by atomic mass is 79.9. The second kappa shape index (κ2) is 6.46. The summed E-state index contributed by atoms with van der Waals surface area (Å²) in [4.78, 5) is 11.8. The van der Waals surface area contributed by atoms with Gasteiger partial charge >= 0.3 is 4.87 Å². The normalized spacial score (nSPS) is 12.7. The summed E-state index contributed by atoms with van der Waals surface area (Å²) in [5, 5.41) is 4.88. The van der Waals surface area contributed by atoms with Gasteiger partial charge in [-0.25, -0.2) is 4.39 Å². The number of aromatic nitrogens is 2. The van der Waals surface area contributed by atoms with Gasteiger partial charge in [-0.1, -0.05) is 38.0 Å². The molecule has 0 saturated carbocycles. The Morgan fingerprint density at radius 2 is 2.13 bits per heavy atom. The summed E-state index contributed by atoms with van der Waals surface area (Å²) in [5.74, 6) is 2.20. The second-order valence-electron chi connectivity index (χ2n) is 6.00. The molecule has 23 heavy (non-hydrogen) atoms. The van der Waals surface area contributed by atoms with Gasteiger partial charge in [0.15, 0.2) is 6.10 Å². The van der Waals surface area contributed by atoms with E-state index in [2.05, 4.69) is 26.9 Å². The molecule has 1 unspecified atom stereocenters. The van der Waals surface area contributed by atoms with Gasteiger partial charge in [-0.3, -0.25) is 4.79 Å². The molecule has 1 heterocycles. The van der Waals surface area contributed by atoms with Crippen LogP contribution in [0.4, 0.5) is 4.39 Å². The Bertz CT molecular complexity index is 830. The summed E-state index contributed by atoms with van der Waals surface area (Å²) < 4.78 is 21.3. The molecule has 0 radical (unpaired) electrons. The zero-order chi connectivity index (χ0) is 17.4. The van der Waals surface area contributed by atoms with Crippen LogP contribution in [0.3, 0.4) is 0 Å². The summed E-state index contributed by atoms with van der Waals surface area (Å²) in [7, 11) is 0. The van der Waals surface area contributed by atoms with E-state index in [1.165, 1.54) is 12.1 Å². The predicted molar refractivity (Wildman–Crippen MR) is 93.0 cm³/mol. The molecule has 0 aliphatic carbocycles. The van der Waals surface area contributed by atoms with Crippen LogP contribution in [0.1, 0.15) is 32.7 Å². The Labute approximate surface area is 146 Å². The predicted octanol–water partition coefficient (Wildman–Crippen LogP) is 3.89. The van der Waals surface area contributed by atoms with Gasteiger partial charge in [-0.05, 0) is 28.9 Å². The van der Waals surface area contributed by atoms with Crippen LogP contribution >= 0.6 is 27.3 Å². The molecule has 1 aromatic heterocycles. The van der Waals surface area contributed by atoms with Crippen molar-refractivity contribution in [2.45, 2.75) is 39.2 Å². The minimum atomic E-state index is -0.578. The third-order valence-electron chi connectivity index (χ3n) is 2.96. The van der Waals surface area contributed by atoms with E-state index in [4.69, 9.17) is 11.2 Å². The maximum absolute atomic E-state index is 14.3. The van der Waals surface area contributed by atoms with Crippen LogP contribution in [-0.4, -0.2) is 15.9 Å². The topological polar surface area (TPSA) is 44.1 Å². The fourth-order valence-electron chi connectivity index (χ4n) is 1.73. The number of rotatable bonds is 3. The van der Waals surface area contributed by atoms with Crippen molar-refractivity contribution in [1.82, 2.24) is 9.78 Å². The van der Waals surface area contributed by atoms with E-state index < -0.39 is 11.9 Å². The summed E-state index contributed by atoms with van der Waals surface area (Å²) in [6, 6.07) is 2.65. The van der Waals surface area contributed by atoms with Gasteiger partial charge in [0.05, 0.1) is 4.47 Å². The molecule has 2 aromatic rings. The Kier molecular flexibility index (Phi) is 4.97. The fourth-order valence-corrected chi connectivity index (χ4v) is 2.96. The third kappa shape index (κ3) is 3.82. The number of hydrogen-bond donors (Lipinski definition) is 0. The summed E-state index contributed by atoms with van der Waals surface area (Å²) in [6.07, 6.45) is 4.81. The highest BCUT2D eigenvalue weighted by Crippen LogP contribution is 2.31. The fraction of sp³-hybridized carbons (Fsp3) is 0.375. The Morgan fingerprint density at radius 3 is 2.65 bits per heavy atom.